The molecule has 0 aliphatic heterocycles. The van der Waals surface area contributed by atoms with E-state index in [1.54, 1.807) is 0 Å². The third-order valence-corrected chi connectivity index (χ3v) is 2.28. The SMILES string of the molecule is O=C(C(F)(F)Cl)C(Cl)(Cl)C(F)(F)C(F)(F)F. The lowest BCUT2D eigenvalue weighted by Gasteiger charge is -2.30. The van der Waals surface area contributed by atoms with Gasteiger partial charge in [0.15, 0.2) is 0 Å². The summed E-state index contributed by atoms with van der Waals surface area (Å²) in [4.78, 5) is 10.5. The summed E-state index contributed by atoms with van der Waals surface area (Å²) in [5, 5.41) is -5.04. The van der Waals surface area contributed by atoms with Gasteiger partial charge in [-0.2, -0.15) is 30.7 Å². The molecule has 0 heterocycles. The Morgan fingerprint density at radius 2 is 1.12 bits per heavy atom. The molecule has 0 aromatic rings. The summed E-state index contributed by atoms with van der Waals surface area (Å²) < 4.78 is 79.6. The normalized spacial score (nSPS) is 15.1. The molecule has 0 N–H and O–H groups in total. The van der Waals surface area contributed by atoms with Crippen molar-refractivity contribution in [2.24, 2.45) is 0 Å². The quantitative estimate of drug-likeness (QED) is 0.572. The number of hydrogen-bond donors (Lipinski definition) is 0. The van der Waals surface area contributed by atoms with Gasteiger partial charge in [0, 0.05) is 0 Å². The fraction of sp³-hybridized carbons (Fsp3) is 0.800. The van der Waals surface area contributed by atoms with Crippen LogP contribution in [0.15, 0.2) is 0 Å². The van der Waals surface area contributed by atoms with E-state index in [0.717, 1.165) is 0 Å². The van der Waals surface area contributed by atoms with Gasteiger partial charge in [-0.3, -0.25) is 4.79 Å². The molecular formula is C5Cl3F7O. The highest BCUT2D eigenvalue weighted by atomic mass is 35.5. The van der Waals surface area contributed by atoms with Crippen molar-refractivity contribution >= 4 is 40.6 Å². The predicted molar refractivity (Wildman–Crippen MR) is 41.2 cm³/mol. The summed E-state index contributed by atoms with van der Waals surface area (Å²) in [6.45, 7) is 0. The van der Waals surface area contributed by atoms with Gasteiger partial charge in [-0.1, -0.05) is 23.2 Å². The minimum atomic E-state index is -6.38. The molecule has 0 saturated heterocycles. The van der Waals surface area contributed by atoms with Crippen LogP contribution >= 0.6 is 34.8 Å². The summed E-state index contributed by atoms with van der Waals surface area (Å²) >= 11 is 12.6. The number of carbonyl (C=O) groups is 1. The molecular weight excluding hydrogens is 315 g/mol. The fourth-order valence-electron chi connectivity index (χ4n) is 0.499. The van der Waals surface area contributed by atoms with E-state index in [1.807, 2.05) is 0 Å². The number of rotatable bonds is 3. The first-order chi connectivity index (χ1) is 6.65. The first-order valence-electron chi connectivity index (χ1n) is 3.09. The maximum atomic E-state index is 12.5. The molecule has 1 nitrogen and oxygen atoms in total. The highest BCUT2D eigenvalue weighted by Crippen LogP contribution is 2.51. The number of hydrogen-bond acceptors (Lipinski definition) is 1. The predicted octanol–water partition coefficient (Wildman–Crippen LogP) is 3.76. The summed E-state index contributed by atoms with van der Waals surface area (Å²) in [6, 6.07) is 0. The zero-order valence-electron chi connectivity index (χ0n) is 6.69. The first kappa shape index (κ1) is 16.1. The van der Waals surface area contributed by atoms with Gasteiger partial charge in [0.2, 0.25) is 0 Å². The topological polar surface area (TPSA) is 17.1 Å². The highest BCUT2D eigenvalue weighted by Gasteiger charge is 2.75. The van der Waals surface area contributed by atoms with Gasteiger partial charge in [0.25, 0.3) is 10.1 Å². The summed E-state index contributed by atoms with van der Waals surface area (Å²) in [5.74, 6) is -9.23. The van der Waals surface area contributed by atoms with Crippen LogP contribution in [-0.4, -0.2) is 27.6 Å². The van der Waals surface area contributed by atoms with Crippen LogP contribution in [0.4, 0.5) is 30.7 Å². The first-order valence-corrected chi connectivity index (χ1v) is 4.23. The van der Waals surface area contributed by atoms with E-state index < -0.39 is 27.6 Å². The minimum absolute atomic E-state index is 3.16. The second kappa shape index (κ2) is 4.06. The van der Waals surface area contributed by atoms with Crippen LogP contribution in [0, 0.1) is 0 Å². The van der Waals surface area contributed by atoms with Crippen LogP contribution in [0.3, 0.4) is 0 Å². The second-order valence-corrected chi connectivity index (χ2v) is 4.28. The van der Waals surface area contributed by atoms with Crippen LogP contribution in [0.25, 0.3) is 0 Å². The van der Waals surface area contributed by atoms with Crippen LogP contribution < -0.4 is 0 Å². The molecule has 16 heavy (non-hydrogen) atoms. The van der Waals surface area contributed by atoms with E-state index in [1.165, 1.54) is 0 Å². The largest absolute Gasteiger partial charge is 0.457 e. The summed E-state index contributed by atoms with van der Waals surface area (Å²) in [6.07, 6.45) is -6.38. The zero-order valence-corrected chi connectivity index (χ0v) is 8.96. The Morgan fingerprint density at radius 3 is 1.31 bits per heavy atom. The molecule has 0 saturated carbocycles. The number of halogens is 10. The van der Waals surface area contributed by atoms with Crippen molar-refractivity contribution in [3.8, 4) is 0 Å². The van der Waals surface area contributed by atoms with Crippen molar-refractivity contribution in [2.45, 2.75) is 21.8 Å². The van der Waals surface area contributed by atoms with Crippen LogP contribution in [-0.2, 0) is 4.79 Å². The van der Waals surface area contributed by atoms with Crippen molar-refractivity contribution in [1.82, 2.24) is 0 Å². The Hall–Kier alpha value is 0.0500. The Morgan fingerprint density at radius 1 is 0.812 bits per heavy atom. The monoisotopic (exact) mass is 314 g/mol. The second-order valence-electron chi connectivity index (χ2n) is 2.47. The average Bonchev–Trinajstić information content (AvgIpc) is 1.98. The smallest absolute Gasteiger partial charge is 0.288 e. The van der Waals surface area contributed by atoms with E-state index in [0.29, 0.717) is 0 Å². The molecule has 0 rings (SSSR count). The molecule has 0 unspecified atom stereocenters. The molecule has 0 aliphatic carbocycles. The van der Waals surface area contributed by atoms with E-state index in [2.05, 4.69) is 34.8 Å². The molecule has 0 amide bonds. The van der Waals surface area contributed by atoms with Gasteiger partial charge >= 0.3 is 17.5 Å². The van der Waals surface area contributed by atoms with Gasteiger partial charge in [-0.25, -0.2) is 0 Å². The lowest BCUT2D eigenvalue weighted by molar-refractivity contribution is -0.285. The van der Waals surface area contributed by atoms with E-state index in [4.69, 9.17) is 0 Å². The molecule has 0 aromatic heterocycles. The third-order valence-electron chi connectivity index (χ3n) is 1.29. The van der Waals surface area contributed by atoms with Gasteiger partial charge in [-0.15, -0.1) is 0 Å². The minimum Gasteiger partial charge on any atom is -0.288 e. The molecule has 11 heteroatoms. The van der Waals surface area contributed by atoms with Gasteiger partial charge < -0.3 is 0 Å². The highest BCUT2D eigenvalue weighted by molar-refractivity contribution is 6.62. The van der Waals surface area contributed by atoms with Crippen molar-refractivity contribution < 1.29 is 35.5 Å². The van der Waals surface area contributed by atoms with E-state index >= 15 is 0 Å². The molecule has 0 fully saturated rings. The lowest BCUT2D eigenvalue weighted by atomic mass is 10.1. The van der Waals surface area contributed by atoms with Crippen molar-refractivity contribution in [3.63, 3.8) is 0 Å². The van der Waals surface area contributed by atoms with Crippen LogP contribution in [0.5, 0.6) is 0 Å². The number of carbonyl (C=O) groups excluding carboxylic acids is 1. The lowest BCUT2D eigenvalue weighted by Crippen LogP contribution is -2.57. The van der Waals surface area contributed by atoms with Gasteiger partial charge in [0.1, 0.15) is 0 Å². The summed E-state index contributed by atoms with van der Waals surface area (Å²) in [7, 11) is 0. The van der Waals surface area contributed by atoms with Gasteiger partial charge in [-0.05, 0) is 11.6 Å². The number of ketones is 1. The molecule has 96 valence electrons. The maximum Gasteiger partial charge on any atom is 0.457 e. The van der Waals surface area contributed by atoms with E-state index in [9.17, 15) is 35.5 Å². The fourth-order valence-corrected chi connectivity index (χ4v) is 1.19. The standard InChI is InChI=1S/C5Cl3F7O/c6-2(7,1(16)3(8,9)10)4(11,12)5(13,14)15. The van der Waals surface area contributed by atoms with Crippen LogP contribution in [0.2, 0.25) is 0 Å². The number of Topliss-reactive ketones (excluding diaryl/α,β-unsaturated/α-hetero) is 1. The molecule has 0 spiro atoms. The van der Waals surface area contributed by atoms with E-state index in [-0.39, 0.29) is 0 Å². The number of alkyl halides is 10. The molecule has 0 aromatic carbocycles. The van der Waals surface area contributed by atoms with Crippen molar-refractivity contribution in [2.75, 3.05) is 0 Å². The van der Waals surface area contributed by atoms with Crippen molar-refractivity contribution in [3.05, 3.63) is 0 Å². The Kier molecular flexibility index (Phi) is 4.07. The Bertz CT molecular complexity index is 291. The van der Waals surface area contributed by atoms with Crippen LogP contribution in [0.1, 0.15) is 0 Å². The molecule has 0 aliphatic rings. The molecule has 0 radical (unpaired) electrons. The molecule has 0 bridgehead atoms. The average molecular weight is 315 g/mol. The Balaban J connectivity index is 5.46. The zero-order chi connectivity index (χ0) is 13.6. The van der Waals surface area contributed by atoms with Gasteiger partial charge in [0.05, 0.1) is 0 Å². The maximum absolute atomic E-state index is 12.5. The molecule has 0 atom stereocenters. The summed E-state index contributed by atoms with van der Waals surface area (Å²) in [5.41, 5.74) is 0. The Labute approximate surface area is 98.4 Å². The van der Waals surface area contributed by atoms with Crippen molar-refractivity contribution in [1.29, 1.82) is 0 Å². The third kappa shape index (κ3) is 2.65.